The molecule has 1 aliphatic rings. The molecule has 3 heteroatoms. The fourth-order valence-corrected chi connectivity index (χ4v) is 1.18. The maximum atomic E-state index is 11.5. The number of pyridine rings is 1. The molecule has 1 aromatic heterocycles. The van der Waals surface area contributed by atoms with Gasteiger partial charge < -0.3 is 5.32 Å². The van der Waals surface area contributed by atoms with Crippen molar-refractivity contribution in [2.45, 2.75) is 25.8 Å². The minimum atomic E-state index is -0.00120. The van der Waals surface area contributed by atoms with E-state index in [4.69, 9.17) is 0 Å². The Morgan fingerprint density at radius 2 is 2.31 bits per heavy atom. The average molecular weight is 176 g/mol. The molecule has 0 aliphatic heterocycles. The van der Waals surface area contributed by atoms with Crippen LogP contribution >= 0.6 is 0 Å². The Bertz CT molecular complexity index is 331. The third-order valence-corrected chi connectivity index (χ3v) is 2.05. The van der Waals surface area contributed by atoms with Gasteiger partial charge in [0.25, 0.3) is 5.91 Å². The summed E-state index contributed by atoms with van der Waals surface area (Å²) >= 11 is 0. The second-order valence-corrected chi connectivity index (χ2v) is 3.50. The van der Waals surface area contributed by atoms with Crippen LogP contribution in [0.25, 0.3) is 0 Å². The van der Waals surface area contributed by atoms with Crippen molar-refractivity contribution in [2.24, 2.45) is 0 Å². The van der Waals surface area contributed by atoms with E-state index in [-0.39, 0.29) is 5.91 Å². The topological polar surface area (TPSA) is 42.0 Å². The summed E-state index contributed by atoms with van der Waals surface area (Å²) in [6, 6.07) is 2.26. The van der Waals surface area contributed by atoms with Crippen LogP contribution in [0.3, 0.4) is 0 Å². The molecule has 0 bridgehead atoms. The van der Waals surface area contributed by atoms with Crippen LogP contribution in [0, 0.1) is 6.92 Å². The Balaban J connectivity index is 2.09. The first-order chi connectivity index (χ1) is 6.25. The van der Waals surface area contributed by atoms with Gasteiger partial charge in [-0.05, 0) is 31.4 Å². The first-order valence-corrected chi connectivity index (χ1v) is 4.48. The van der Waals surface area contributed by atoms with Gasteiger partial charge in [0.05, 0.1) is 5.56 Å². The summed E-state index contributed by atoms with van der Waals surface area (Å²) in [5.74, 6) is -0.00120. The standard InChI is InChI=1S/C10H12N2O/c1-7-4-8(6-11-5-7)10(13)12-9-2-3-9/h4-6,9H,2-3H2,1H3,(H,12,13). The molecule has 0 atom stereocenters. The number of rotatable bonds is 2. The molecule has 2 rings (SSSR count). The van der Waals surface area contributed by atoms with Crippen LogP contribution in [-0.2, 0) is 0 Å². The van der Waals surface area contributed by atoms with Gasteiger partial charge in [-0.1, -0.05) is 0 Å². The quantitative estimate of drug-likeness (QED) is 0.737. The molecule has 1 aliphatic carbocycles. The third kappa shape index (κ3) is 2.05. The predicted molar refractivity (Wildman–Crippen MR) is 49.5 cm³/mol. The van der Waals surface area contributed by atoms with Crippen molar-refractivity contribution >= 4 is 5.91 Å². The van der Waals surface area contributed by atoms with E-state index in [1.54, 1.807) is 12.4 Å². The van der Waals surface area contributed by atoms with Gasteiger partial charge >= 0.3 is 0 Å². The summed E-state index contributed by atoms with van der Waals surface area (Å²) in [5, 5.41) is 2.92. The van der Waals surface area contributed by atoms with Gasteiger partial charge in [-0.2, -0.15) is 0 Å². The van der Waals surface area contributed by atoms with Gasteiger partial charge in [0.2, 0.25) is 0 Å². The highest BCUT2D eigenvalue weighted by molar-refractivity contribution is 5.94. The largest absolute Gasteiger partial charge is 0.349 e. The zero-order valence-electron chi connectivity index (χ0n) is 7.58. The van der Waals surface area contributed by atoms with Crippen LogP contribution in [0.5, 0.6) is 0 Å². The number of aryl methyl sites for hydroxylation is 1. The molecular formula is C10H12N2O. The van der Waals surface area contributed by atoms with E-state index in [1.165, 1.54) is 0 Å². The lowest BCUT2D eigenvalue weighted by Gasteiger charge is -2.02. The summed E-state index contributed by atoms with van der Waals surface area (Å²) in [6.07, 6.45) is 5.58. The number of aromatic nitrogens is 1. The van der Waals surface area contributed by atoms with E-state index in [0.717, 1.165) is 18.4 Å². The number of hydrogen-bond donors (Lipinski definition) is 1. The molecule has 0 unspecified atom stereocenters. The smallest absolute Gasteiger partial charge is 0.253 e. The highest BCUT2D eigenvalue weighted by atomic mass is 16.1. The van der Waals surface area contributed by atoms with Crippen molar-refractivity contribution in [1.82, 2.24) is 10.3 Å². The maximum Gasteiger partial charge on any atom is 0.253 e. The summed E-state index contributed by atoms with van der Waals surface area (Å²) in [7, 11) is 0. The minimum absolute atomic E-state index is 0.00120. The zero-order chi connectivity index (χ0) is 9.26. The van der Waals surface area contributed by atoms with Crippen molar-refractivity contribution in [3.63, 3.8) is 0 Å². The van der Waals surface area contributed by atoms with Crippen LogP contribution in [-0.4, -0.2) is 16.9 Å². The van der Waals surface area contributed by atoms with Crippen LogP contribution in [0.2, 0.25) is 0 Å². The molecule has 1 N–H and O–H groups in total. The summed E-state index contributed by atoms with van der Waals surface area (Å²) in [4.78, 5) is 15.5. The molecule has 1 aromatic rings. The summed E-state index contributed by atoms with van der Waals surface area (Å²) in [5.41, 5.74) is 1.68. The van der Waals surface area contributed by atoms with Gasteiger partial charge in [0.15, 0.2) is 0 Å². The van der Waals surface area contributed by atoms with E-state index in [0.29, 0.717) is 11.6 Å². The Morgan fingerprint density at radius 1 is 1.54 bits per heavy atom. The van der Waals surface area contributed by atoms with E-state index in [9.17, 15) is 4.79 Å². The van der Waals surface area contributed by atoms with E-state index < -0.39 is 0 Å². The monoisotopic (exact) mass is 176 g/mol. The van der Waals surface area contributed by atoms with E-state index in [2.05, 4.69) is 10.3 Å². The third-order valence-electron chi connectivity index (χ3n) is 2.05. The van der Waals surface area contributed by atoms with E-state index >= 15 is 0 Å². The van der Waals surface area contributed by atoms with Crippen LogP contribution in [0.4, 0.5) is 0 Å². The molecule has 0 spiro atoms. The zero-order valence-corrected chi connectivity index (χ0v) is 7.58. The highest BCUT2D eigenvalue weighted by Gasteiger charge is 2.23. The van der Waals surface area contributed by atoms with Gasteiger partial charge in [0.1, 0.15) is 0 Å². The molecule has 1 amide bonds. The van der Waals surface area contributed by atoms with Gasteiger partial charge in [-0.15, -0.1) is 0 Å². The van der Waals surface area contributed by atoms with Crippen molar-refractivity contribution in [3.8, 4) is 0 Å². The number of nitrogens with one attached hydrogen (secondary N) is 1. The number of carbonyl (C=O) groups is 1. The fraction of sp³-hybridized carbons (Fsp3) is 0.400. The molecule has 0 aromatic carbocycles. The van der Waals surface area contributed by atoms with Crippen molar-refractivity contribution < 1.29 is 4.79 Å². The van der Waals surface area contributed by atoms with Crippen LogP contribution < -0.4 is 5.32 Å². The first kappa shape index (κ1) is 8.23. The Labute approximate surface area is 77.2 Å². The fourth-order valence-electron chi connectivity index (χ4n) is 1.18. The van der Waals surface area contributed by atoms with Gasteiger partial charge in [-0.3, -0.25) is 9.78 Å². The summed E-state index contributed by atoms with van der Waals surface area (Å²) in [6.45, 7) is 1.93. The number of carbonyl (C=O) groups excluding carboxylic acids is 1. The second-order valence-electron chi connectivity index (χ2n) is 3.50. The molecule has 1 saturated carbocycles. The molecule has 0 saturated heterocycles. The SMILES string of the molecule is Cc1cncc(C(=O)NC2CC2)c1. The van der Waals surface area contributed by atoms with Crippen molar-refractivity contribution in [1.29, 1.82) is 0 Å². The van der Waals surface area contributed by atoms with Crippen molar-refractivity contribution in [2.75, 3.05) is 0 Å². The molecule has 68 valence electrons. The molecule has 1 fully saturated rings. The maximum absolute atomic E-state index is 11.5. The molecule has 3 nitrogen and oxygen atoms in total. The molecule has 0 radical (unpaired) electrons. The molecule has 1 heterocycles. The van der Waals surface area contributed by atoms with Gasteiger partial charge in [0, 0.05) is 18.4 Å². The second kappa shape index (κ2) is 3.17. The summed E-state index contributed by atoms with van der Waals surface area (Å²) < 4.78 is 0. The lowest BCUT2D eigenvalue weighted by Crippen LogP contribution is -2.25. The average Bonchev–Trinajstić information content (AvgIpc) is 2.88. The highest BCUT2D eigenvalue weighted by Crippen LogP contribution is 2.19. The van der Waals surface area contributed by atoms with Gasteiger partial charge in [-0.25, -0.2) is 0 Å². The normalized spacial score (nSPS) is 15.5. The first-order valence-electron chi connectivity index (χ1n) is 4.48. The predicted octanol–water partition coefficient (Wildman–Crippen LogP) is 1.28. The van der Waals surface area contributed by atoms with E-state index in [1.807, 2.05) is 13.0 Å². The Hall–Kier alpha value is -1.38. The van der Waals surface area contributed by atoms with Crippen LogP contribution in [0.15, 0.2) is 18.5 Å². The molecular weight excluding hydrogens is 164 g/mol. The number of amides is 1. The Kier molecular flexibility index (Phi) is 2.00. The lowest BCUT2D eigenvalue weighted by molar-refractivity contribution is 0.0950. The Morgan fingerprint density at radius 3 is 2.92 bits per heavy atom. The van der Waals surface area contributed by atoms with Crippen molar-refractivity contribution in [3.05, 3.63) is 29.6 Å². The number of hydrogen-bond acceptors (Lipinski definition) is 2. The lowest BCUT2D eigenvalue weighted by atomic mass is 10.2. The minimum Gasteiger partial charge on any atom is -0.349 e. The van der Waals surface area contributed by atoms with Crippen LogP contribution in [0.1, 0.15) is 28.8 Å². The number of nitrogens with zero attached hydrogens (tertiary/aromatic N) is 1. The molecule has 13 heavy (non-hydrogen) atoms.